The second kappa shape index (κ2) is 6.38. The molecule has 0 aromatic heterocycles. The van der Waals surface area contributed by atoms with E-state index in [0.717, 1.165) is 13.1 Å². The molecule has 1 aromatic rings. The molecule has 0 heterocycles. The average molecular weight is 205 g/mol. The highest BCUT2D eigenvalue weighted by molar-refractivity contribution is 5.14. The van der Waals surface area contributed by atoms with Gasteiger partial charge in [0.15, 0.2) is 0 Å². The Bertz CT molecular complexity index is 284. The van der Waals surface area contributed by atoms with Crippen LogP contribution >= 0.6 is 0 Å². The third kappa shape index (κ3) is 3.86. The first-order valence-electron chi connectivity index (χ1n) is 5.27. The van der Waals surface area contributed by atoms with Crippen LogP contribution in [0.5, 0.6) is 0 Å². The van der Waals surface area contributed by atoms with Crippen LogP contribution in [0.15, 0.2) is 43.0 Å². The zero-order chi connectivity index (χ0) is 11.1. The third-order valence-electron chi connectivity index (χ3n) is 2.48. The lowest BCUT2D eigenvalue weighted by atomic mass is 10.2. The number of aliphatic hydroxyl groups excluding tert-OH is 1. The average Bonchev–Trinajstić information content (AvgIpc) is 2.29. The molecule has 0 spiro atoms. The first kappa shape index (κ1) is 12.0. The van der Waals surface area contributed by atoms with Crippen molar-refractivity contribution in [1.82, 2.24) is 4.90 Å². The highest BCUT2D eigenvalue weighted by Crippen LogP contribution is 2.07. The largest absolute Gasteiger partial charge is 0.395 e. The van der Waals surface area contributed by atoms with E-state index < -0.39 is 0 Å². The van der Waals surface area contributed by atoms with Gasteiger partial charge in [0.1, 0.15) is 0 Å². The monoisotopic (exact) mass is 205 g/mol. The van der Waals surface area contributed by atoms with Crippen molar-refractivity contribution >= 4 is 0 Å². The summed E-state index contributed by atoms with van der Waals surface area (Å²) in [5.41, 5.74) is 1.26. The van der Waals surface area contributed by atoms with Gasteiger partial charge in [0, 0.05) is 19.1 Å². The third-order valence-corrected chi connectivity index (χ3v) is 2.48. The minimum absolute atomic E-state index is 0.170. The van der Waals surface area contributed by atoms with E-state index in [9.17, 15) is 0 Å². The van der Waals surface area contributed by atoms with Crippen molar-refractivity contribution in [3.63, 3.8) is 0 Å². The highest BCUT2D eigenvalue weighted by atomic mass is 16.3. The molecule has 0 aliphatic heterocycles. The van der Waals surface area contributed by atoms with E-state index in [-0.39, 0.29) is 12.6 Å². The van der Waals surface area contributed by atoms with Crippen molar-refractivity contribution in [2.75, 3.05) is 13.2 Å². The van der Waals surface area contributed by atoms with Crippen LogP contribution in [0.2, 0.25) is 0 Å². The van der Waals surface area contributed by atoms with E-state index in [1.165, 1.54) is 5.56 Å². The lowest BCUT2D eigenvalue weighted by Gasteiger charge is -2.26. The summed E-state index contributed by atoms with van der Waals surface area (Å²) in [6.07, 6.45) is 1.87. The molecule has 1 rings (SSSR count). The molecular formula is C13H19NO. The Labute approximate surface area is 91.9 Å². The standard InChI is InChI=1S/C13H19NO/c1-3-9-14(12(2)11-15)10-13-7-5-4-6-8-13/h3-8,12,15H,1,9-11H2,2H3/t12-/m0/s1. The number of benzene rings is 1. The molecule has 0 aliphatic carbocycles. The maximum atomic E-state index is 9.13. The van der Waals surface area contributed by atoms with E-state index in [1.807, 2.05) is 31.2 Å². The molecule has 0 unspecified atom stereocenters. The molecule has 15 heavy (non-hydrogen) atoms. The maximum absolute atomic E-state index is 9.13. The van der Waals surface area contributed by atoms with Crippen molar-refractivity contribution in [3.8, 4) is 0 Å². The Morgan fingerprint density at radius 1 is 1.40 bits per heavy atom. The summed E-state index contributed by atoms with van der Waals surface area (Å²) in [5, 5.41) is 9.13. The first-order valence-corrected chi connectivity index (χ1v) is 5.27. The topological polar surface area (TPSA) is 23.5 Å². The predicted octanol–water partition coefficient (Wildman–Crippen LogP) is 2.06. The Hall–Kier alpha value is -1.12. The maximum Gasteiger partial charge on any atom is 0.0584 e. The van der Waals surface area contributed by atoms with E-state index in [1.54, 1.807) is 0 Å². The SMILES string of the molecule is C=CCN(Cc1ccccc1)[C@@H](C)CO. The Balaban J connectivity index is 2.62. The fourth-order valence-electron chi connectivity index (χ4n) is 1.50. The number of hydrogen-bond acceptors (Lipinski definition) is 2. The molecular weight excluding hydrogens is 186 g/mol. The molecule has 2 heteroatoms. The van der Waals surface area contributed by atoms with Crippen molar-refractivity contribution in [3.05, 3.63) is 48.6 Å². The molecule has 2 nitrogen and oxygen atoms in total. The van der Waals surface area contributed by atoms with Crippen molar-refractivity contribution in [1.29, 1.82) is 0 Å². The molecule has 1 N–H and O–H groups in total. The number of aliphatic hydroxyl groups is 1. The van der Waals surface area contributed by atoms with Gasteiger partial charge in [-0.2, -0.15) is 0 Å². The molecule has 82 valence electrons. The summed E-state index contributed by atoms with van der Waals surface area (Å²) in [4.78, 5) is 2.20. The zero-order valence-corrected chi connectivity index (χ0v) is 9.26. The van der Waals surface area contributed by atoms with Crippen LogP contribution in [0.25, 0.3) is 0 Å². The number of nitrogens with zero attached hydrogens (tertiary/aromatic N) is 1. The molecule has 0 amide bonds. The number of hydrogen-bond donors (Lipinski definition) is 1. The molecule has 1 aromatic carbocycles. The van der Waals surface area contributed by atoms with Crippen molar-refractivity contribution < 1.29 is 5.11 Å². The predicted molar refractivity (Wildman–Crippen MR) is 63.6 cm³/mol. The van der Waals surface area contributed by atoms with Gasteiger partial charge in [-0.3, -0.25) is 4.90 Å². The van der Waals surface area contributed by atoms with Gasteiger partial charge in [0.05, 0.1) is 6.61 Å². The smallest absolute Gasteiger partial charge is 0.0584 e. The van der Waals surface area contributed by atoms with Crippen LogP contribution < -0.4 is 0 Å². The van der Waals surface area contributed by atoms with Crippen LogP contribution in [0.4, 0.5) is 0 Å². The number of rotatable bonds is 6. The van der Waals surface area contributed by atoms with Gasteiger partial charge in [-0.25, -0.2) is 0 Å². The normalized spacial score (nSPS) is 12.7. The minimum Gasteiger partial charge on any atom is -0.395 e. The van der Waals surface area contributed by atoms with E-state index in [2.05, 4.69) is 23.6 Å². The Morgan fingerprint density at radius 3 is 2.60 bits per heavy atom. The van der Waals surface area contributed by atoms with Gasteiger partial charge >= 0.3 is 0 Å². The van der Waals surface area contributed by atoms with Crippen molar-refractivity contribution in [2.24, 2.45) is 0 Å². The van der Waals surface area contributed by atoms with E-state index in [4.69, 9.17) is 5.11 Å². The summed E-state index contributed by atoms with van der Waals surface area (Å²) >= 11 is 0. The summed E-state index contributed by atoms with van der Waals surface area (Å²) in [7, 11) is 0. The molecule has 0 fully saturated rings. The van der Waals surface area contributed by atoms with Gasteiger partial charge in [-0.05, 0) is 12.5 Å². The molecule has 0 aliphatic rings. The fourth-order valence-corrected chi connectivity index (χ4v) is 1.50. The zero-order valence-electron chi connectivity index (χ0n) is 9.26. The summed E-state index contributed by atoms with van der Waals surface area (Å²) in [6, 6.07) is 10.4. The lowest BCUT2D eigenvalue weighted by Crippen LogP contribution is -2.35. The van der Waals surface area contributed by atoms with E-state index in [0.29, 0.717) is 0 Å². The van der Waals surface area contributed by atoms with Crippen LogP contribution in [-0.2, 0) is 6.54 Å². The van der Waals surface area contributed by atoms with Crippen LogP contribution in [-0.4, -0.2) is 29.2 Å². The quantitative estimate of drug-likeness (QED) is 0.718. The first-order chi connectivity index (χ1) is 7.27. The fraction of sp³-hybridized carbons (Fsp3) is 0.385. The molecule has 0 saturated heterocycles. The Morgan fingerprint density at radius 2 is 2.07 bits per heavy atom. The van der Waals surface area contributed by atoms with Gasteiger partial charge in [-0.1, -0.05) is 36.4 Å². The second-order valence-corrected chi connectivity index (χ2v) is 3.74. The van der Waals surface area contributed by atoms with Gasteiger partial charge in [0.25, 0.3) is 0 Å². The van der Waals surface area contributed by atoms with Gasteiger partial charge < -0.3 is 5.11 Å². The Kier molecular flexibility index (Phi) is 5.08. The van der Waals surface area contributed by atoms with Crippen LogP contribution in [0.1, 0.15) is 12.5 Å². The second-order valence-electron chi connectivity index (χ2n) is 3.74. The molecule has 1 atom stereocenters. The lowest BCUT2D eigenvalue weighted by molar-refractivity contribution is 0.140. The highest BCUT2D eigenvalue weighted by Gasteiger charge is 2.11. The summed E-state index contributed by atoms with van der Waals surface area (Å²) in [6.45, 7) is 7.59. The minimum atomic E-state index is 0.170. The van der Waals surface area contributed by atoms with E-state index >= 15 is 0 Å². The summed E-state index contributed by atoms with van der Waals surface area (Å²) < 4.78 is 0. The van der Waals surface area contributed by atoms with Crippen molar-refractivity contribution in [2.45, 2.75) is 19.5 Å². The van der Waals surface area contributed by atoms with Crippen LogP contribution in [0.3, 0.4) is 0 Å². The van der Waals surface area contributed by atoms with Crippen LogP contribution in [0, 0.1) is 0 Å². The van der Waals surface area contributed by atoms with Gasteiger partial charge in [-0.15, -0.1) is 6.58 Å². The van der Waals surface area contributed by atoms with Gasteiger partial charge in [0.2, 0.25) is 0 Å². The molecule has 0 bridgehead atoms. The summed E-state index contributed by atoms with van der Waals surface area (Å²) in [5.74, 6) is 0. The molecule has 0 radical (unpaired) electrons. The molecule has 0 saturated carbocycles.